The summed E-state index contributed by atoms with van der Waals surface area (Å²) in [5.74, 6) is 4.42. The van der Waals surface area contributed by atoms with E-state index in [9.17, 15) is 24.3 Å². The number of aromatic nitrogens is 2. The number of carbonyl (C=O) groups excluding carboxylic acids is 2. The first kappa shape index (κ1) is 20.9. The zero-order valence-electron chi connectivity index (χ0n) is 17.2. The van der Waals surface area contributed by atoms with Crippen LogP contribution in [0.4, 0.5) is 0 Å². The molecular formula is C22H24N4O5. The predicted molar refractivity (Wildman–Crippen MR) is 112 cm³/mol. The van der Waals surface area contributed by atoms with Gasteiger partial charge in [0, 0.05) is 25.5 Å². The number of aryl methyl sites for hydroxylation is 1. The molecule has 1 aromatic carbocycles. The van der Waals surface area contributed by atoms with E-state index >= 15 is 0 Å². The molecule has 2 amide bonds. The Hall–Kier alpha value is -3.38. The summed E-state index contributed by atoms with van der Waals surface area (Å²) in [4.78, 5) is 48.3. The van der Waals surface area contributed by atoms with Gasteiger partial charge in [0.2, 0.25) is 11.8 Å². The molecule has 0 radical (unpaired) electrons. The summed E-state index contributed by atoms with van der Waals surface area (Å²) in [5.41, 5.74) is 0.709. The molecule has 162 valence electrons. The van der Waals surface area contributed by atoms with Gasteiger partial charge in [0.05, 0.1) is 16.4 Å². The normalized spacial score (nSPS) is 20.7. The Labute approximate surface area is 178 Å². The van der Waals surface area contributed by atoms with E-state index in [2.05, 4.69) is 22.5 Å². The van der Waals surface area contributed by atoms with E-state index in [4.69, 9.17) is 0 Å². The van der Waals surface area contributed by atoms with Gasteiger partial charge in [-0.25, -0.2) is 4.79 Å². The lowest BCUT2D eigenvalue weighted by atomic mass is 9.76. The third kappa shape index (κ3) is 3.75. The van der Waals surface area contributed by atoms with E-state index in [0.717, 1.165) is 0 Å². The molecule has 1 unspecified atom stereocenters. The van der Waals surface area contributed by atoms with E-state index in [1.807, 2.05) is 0 Å². The van der Waals surface area contributed by atoms with Crippen LogP contribution in [0.2, 0.25) is 0 Å². The number of imide groups is 1. The van der Waals surface area contributed by atoms with Crippen LogP contribution in [0.1, 0.15) is 43.7 Å². The second kappa shape index (κ2) is 8.04. The Balaban J connectivity index is 1.64. The molecule has 2 fully saturated rings. The molecule has 2 aliphatic heterocycles. The number of nitrogens with zero attached hydrogens (tertiary/aromatic N) is 2. The van der Waals surface area contributed by atoms with Crippen molar-refractivity contribution in [3.63, 3.8) is 0 Å². The first-order valence-electron chi connectivity index (χ1n) is 10.3. The topological polar surface area (TPSA) is 122 Å². The highest BCUT2D eigenvalue weighted by atomic mass is 16.4. The van der Waals surface area contributed by atoms with Gasteiger partial charge in [-0.05, 0) is 50.6 Å². The van der Waals surface area contributed by atoms with Gasteiger partial charge >= 0.3 is 11.7 Å². The molecule has 3 heterocycles. The standard InChI is InChI=1S/C22H24N4O5/c1-25-17-13-14(3-2-8-22(20(29)30)9-11-23-12-10-22)4-5-15(17)26(21(25)31)16-6-7-18(27)24-19(16)28/h4-5,13,16,23H,6-12H2,1H3,(H,29,30)(H,24,27,28). The number of hydrogen-bond acceptors (Lipinski definition) is 5. The first-order valence-corrected chi connectivity index (χ1v) is 10.3. The van der Waals surface area contributed by atoms with Gasteiger partial charge in [0.15, 0.2) is 0 Å². The van der Waals surface area contributed by atoms with Crippen LogP contribution in [0.3, 0.4) is 0 Å². The van der Waals surface area contributed by atoms with Crippen molar-refractivity contribution >= 4 is 28.8 Å². The third-order valence-electron chi connectivity index (χ3n) is 6.28. The molecule has 0 aliphatic carbocycles. The number of carbonyl (C=O) groups is 3. The predicted octanol–water partition coefficient (Wildman–Crippen LogP) is 0.514. The zero-order valence-corrected chi connectivity index (χ0v) is 17.2. The number of rotatable bonds is 3. The molecule has 1 atom stereocenters. The van der Waals surface area contributed by atoms with Crippen LogP contribution in [0, 0.1) is 17.3 Å². The summed E-state index contributed by atoms with van der Waals surface area (Å²) >= 11 is 0. The maximum atomic E-state index is 12.8. The van der Waals surface area contributed by atoms with E-state index in [-0.39, 0.29) is 30.9 Å². The fourth-order valence-corrected chi connectivity index (χ4v) is 4.36. The molecule has 1 aromatic heterocycles. The molecule has 4 rings (SSSR count). The lowest BCUT2D eigenvalue weighted by Gasteiger charge is -2.31. The Kier molecular flexibility index (Phi) is 5.41. The van der Waals surface area contributed by atoms with Crippen molar-refractivity contribution in [3.05, 3.63) is 34.2 Å². The van der Waals surface area contributed by atoms with Gasteiger partial charge in [-0.2, -0.15) is 0 Å². The van der Waals surface area contributed by atoms with Gasteiger partial charge in [0.25, 0.3) is 0 Å². The molecule has 3 N–H and O–H groups in total. The van der Waals surface area contributed by atoms with Gasteiger partial charge in [-0.3, -0.25) is 28.8 Å². The monoisotopic (exact) mass is 424 g/mol. The van der Waals surface area contributed by atoms with Crippen LogP contribution in [0.5, 0.6) is 0 Å². The Bertz CT molecular complexity index is 1190. The summed E-state index contributed by atoms with van der Waals surface area (Å²) in [5, 5.41) is 15.1. The molecule has 0 spiro atoms. The molecule has 31 heavy (non-hydrogen) atoms. The maximum Gasteiger partial charge on any atom is 0.329 e. The molecule has 2 aromatic rings. The number of hydrogen-bond donors (Lipinski definition) is 3. The molecule has 2 saturated heterocycles. The minimum atomic E-state index is -0.829. The van der Waals surface area contributed by atoms with Crippen molar-refractivity contribution in [2.24, 2.45) is 12.5 Å². The lowest BCUT2D eigenvalue weighted by molar-refractivity contribution is -0.150. The van der Waals surface area contributed by atoms with Gasteiger partial charge in [-0.1, -0.05) is 11.8 Å². The number of imidazole rings is 1. The number of aliphatic carboxylic acids is 1. The Morgan fingerprint density at radius 3 is 2.65 bits per heavy atom. The number of carboxylic acids is 1. The summed E-state index contributed by atoms with van der Waals surface area (Å²) in [6.45, 7) is 1.33. The first-order chi connectivity index (χ1) is 14.8. The fourth-order valence-electron chi connectivity index (χ4n) is 4.36. The minimum Gasteiger partial charge on any atom is -0.481 e. The maximum absolute atomic E-state index is 12.8. The Morgan fingerprint density at radius 1 is 1.23 bits per heavy atom. The van der Waals surface area contributed by atoms with Crippen LogP contribution in [0.15, 0.2) is 23.0 Å². The number of nitrogens with one attached hydrogen (secondary N) is 2. The van der Waals surface area contributed by atoms with Crippen LogP contribution in [0.25, 0.3) is 11.0 Å². The zero-order chi connectivity index (χ0) is 22.2. The SMILES string of the molecule is Cn1c(=O)n(C2CCC(=O)NC2=O)c2ccc(C#CCC3(C(=O)O)CCNCC3)cc21. The van der Waals surface area contributed by atoms with E-state index in [1.165, 1.54) is 9.13 Å². The quantitative estimate of drug-likeness (QED) is 0.488. The fraction of sp³-hybridized carbons (Fsp3) is 0.455. The average molecular weight is 424 g/mol. The van der Waals surface area contributed by atoms with Crippen LogP contribution in [-0.2, 0) is 21.4 Å². The van der Waals surface area contributed by atoms with Crippen molar-refractivity contribution in [2.75, 3.05) is 13.1 Å². The van der Waals surface area contributed by atoms with Crippen molar-refractivity contribution < 1.29 is 19.5 Å². The number of carboxylic acid groups (broad SMARTS) is 1. The third-order valence-corrected chi connectivity index (χ3v) is 6.28. The number of amides is 2. The minimum absolute atomic E-state index is 0.184. The lowest BCUT2D eigenvalue weighted by Crippen LogP contribution is -2.44. The molecule has 0 saturated carbocycles. The molecule has 0 bridgehead atoms. The average Bonchev–Trinajstić information content (AvgIpc) is 2.99. The van der Waals surface area contributed by atoms with Crippen molar-refractivity contribution in [1.82, 2.24) is 19.8 Å². The highest BCUT2D eigenvalue weighted by Gasteiger charge is 2.38. The molecule has 9 nitrogen and oxygen atoms in total. The van der Waals surface area contributed by atoms with Gasteiger partial charge in [0.1, 0.15) is 6.04 Å². The van der Waals surface area contributed by atoms with Gasteiger partial charge in [-0.15, -0.1) is 0 Å². The van der Waals surface area contributed by atoms with Gasteiger partial charge < -0.3 is 10.4 Å². The van der Waals surface area contributed by atoms with E-state index < -0.39 is 23.3 Å². The van der Waals surface area contributed by atoms with E-state index in [0.29, 0.717) is 42.5 Å². The summed E-state index contributed by atoms with van der Waals surface area (Å²) in [6.07, 6.45) is 1.80. The van der Waals surface area contributed by atoms with Crippen molar-refractivity contribution in [1.29, 1.82) is 0 Å². The summed E-state index contributed by atoms with van der Waals surface area (Å²) in [6, 6.07) is 4.53. The smallest absolute Gasteiger partial charge is 0.329 e. The van der Waals surface area contributed by atoms with E-state index in [1.54, 1.807) is 25.2 Å². The molecule has 2 aliphatic rings. The molecular weight excluding hydrogens is 400 g/mol. The van der Waals surface area contributed by atoms with Crippen molar-refractivity contribution in [2.45, 2.75) is 38.1 Å². The molecule has 9 heteroatoms. The highest BCUT2D eigenvalue weighted by molar-refractivity contribution is 6.00. The van der Waals surface area contributed by atoms with Crippen molar-refractivity contribution in [3.8, 4) is 11.8 Å². The second-order valence-electron chi connectivity index (χ2n) is 8.20. The highest BCUT2D eigenvalue weighted by Crippen LogP contribution is 2.32. The van der Waals surface area contributed by atoms with Crippen LogP contribution < -0.4 is 16.3 Å². The summed E-state index contributed by atoms with van der Waals surface area (Å²) in [7, 11) is 1.62. The van der Waals surface area contributed by atoms with Crippen LogP contribution in [-0.4, -0.2) is 45.1 Å². The number of fused-ring (bicyclic) bond motifs is 1. The Morgan fingerprint density at radius 2 is 1.97 bits per heavy atom. The van der Waals surface area contributed by atoms with Crippen LogP contribution >= 0.6 is 0 Å². The largest absolute Gasteiger partial charge is 0.481 e. The second-order valence-corrected chi connectivity index (χ2v) is 8.20. The number of piperidine rings is 2. The number of benzene rings is 1. The summed E-state index contributed by atoms with van der Waals surface area (Å²) < 4.78 is 2.87.